The predicted octanol–water partition coefficient (Wildman–Crippen LogP) is 2.30. The van der Waals surface area contributed by atoms with Crippen molar-refractivity contribution in [2.24, 2.45) is 0 Å². The lowest BCUT2D eigenvalue weighted by molar-refractivity contribution is -0.125. The first-order valence-electron chi connectivity index (χ1n) is 7.57. The van der Waals surface area contributed by atoms with E-state index in [0.717, 1.165) is 0 Å². The summed E-state index contributed by atoms with van der Waals surface area (Å²) in [4.78, 5) is 23.6. The second-order valence-electron chi connectivity index (χ2n) is 5.02. The van der Waals surface area contributed by atoms with Crippen molar-refractivity contribution in [3.05, 3.63) is 48.5 Å². The van der Waals surface area contributed by atoms with Crippen molar-refractivity contribution in [1.82, 2.24) is 0 Å². The Bertz CT molecular complexity index is 719. The van der Waals surface area contributed by atoms with E-state index in [2.05, 4.69) is 10.6 Å². The minimum Gasteiger partial charge on any atom is -0.497 e. The lowest BCUT2D eigenvalue weighted by Crippen LogP contribution is -2.24. The van der Waals surface area contributed by atoms with Crippen molar-refractivity contribution in [2.45, 2.75) is 0 Å². The van der Waals surface area contributed by atoms with Gasteiger partial charge in [-0.15, -0.1) is 0 Å². The van der Waals surface area contributed by atoms with Crippen LogP contribution in [0.4, 0.5) is 11.4 Å². The number of carbonyl (C=O) groups is 2. The minimum absolute atomic E-state index is 0.220. The Morgan fingerprint density at radius 1 is 0.880 bits per heavy atom. The normalized spacial score (nSPS) is 10.0. The Kier molecular flexibility index (Phi) is 6.79. The molecule has 0 atom stereocenters. The highest BCUT2D eigenvalue weighted by Gasteiger charge is 2.10. The fourth-order valence-electron chi connectivity index (χ4n) is 2.04. The summed E-state index contributed by atoms with van der Waals surface area (Å²) in [5.41, 5.74) is 1.16. The van der Waals surface area contributed by atoms with E-state index in [1.165, 1.54) is 7.11 Å². The number of methoxy groups -OCH3 is 2. The molecule has 0 aliphatic heterocycles. The number of hydrogen-bond acceptors (Lipinski definition) is 5. The van der Waals surface area contributed by atoms with Crippen molar-refractivity contribution < 1.29 is 23.8 Å². The highest BCUT2D eigenvalue weighted by Crippen LogP contribution is 2.28. The van der Waals surface area contributed by atoms with Gasteiger partial charge in [0.05, 0.1) is 19.9 Å². The molecule has 0 saturated carbocycles. The van der Waals surface area contributed by atoms with Gasteiger partial charge in [-0.1, -0.05) is 18.2 Å². The maximum atomic E-state index is 11.9. The molecule has 0 heterocycles. The molecule has 0 aliphatic rings. The average molecular weight is 344 g/mol. The first-order chi connectivity index (χ1) is 12.1. The Morgan fingerprint density at radius 2 is 1.56 bits per heavy atom. The van der Waals surface area contributed by atoms with Crippen molar-refractivity contribution in [3.8, 4) is 11.5 Å². The van der Waals surface area contributed by atoms with E-state index in [1.807, 2.05) is 18.2 Å². The number of nitrogens with one attached hydrogen (secondary N) is 2. The van der Waals surface area contributed by atoms with Gasteiger partial charge in [0.15, 0.2) is 0 Å². The van der Waals surface area contributed by atoms with E-state index in [9.17, 15) is 9.59 Å². The third kappa shape index (κ3) is 5.82. The van der Waals surface area contributed by atoms with E-state index in [4.69, 9.17) is 14.2 Å². The van der Waals surface area contributed by atoms with Crippen LogP contribution in [0.25, 0.3) is 0 Å². The summed E-state index contributed by atoms with van der Waals surface area (Å²) in [6, 6.07) is 14.0. The molecule has 2 amide bonds. The van der Waals surface area contributed by atoms with E-state index in [0.29, 0.717) is 22.9 Å². The molecular formula is C18H20N2O5. The number of anilines is 2. The summed E-state index contributed by atoms with van der Waals surface area (Å²) < 4.78 is 15.4. The molecule has 7 nitrogen and oxygen atoms in total. The number of amides is 2. The van der Waals surface area contributed by atoms with Gasteiger partial charge in [0.1, 0.15) is 24.7 Å². The van der Waals surface area contributed by atoms with E-state index in [1.54, 1.807) is 37.4 Å². The Labute approximate surface area is 145 Å². The molecule has 2 N–H and O–H groups in total. The number of para-hydroxylation sites is 1. The van der Waals surface area contributed by atoms with Crippen LogP contribution < -0.4 is 20.1 Å². The first-order valence-corrected chi connectivity index (χ1v) is 7.57. The average Bonchev–Trinajstić information content (AvgIpc) is 2.62. The van der Waals surface area contributed by atoms with E-state index >= 15 is 0 Å². The molecule has 0 radical (unpaired) electrons. The van der Waals surface area contributed by atoms with Crippen molar-refractivity contribution in [3.63, 3.8) is 0 Å². The van der Waals surface area contributed by atoms with Crippen LogP contribution in [0, 0.1) is 0 Å². The molecule has 7 heteroatoms. The fourth-order valence-corrected chi connectivity index (χ4v) is 2.04. The van der Waals surface area contributed by atoms with Crippen molar-refractivity contribution in [1.29, 1.82) is 0 Å². The number of benzene rings is 2. The van der Waals surface area contributed by atoms with Crippen molar-refractivity contribution in [2.75, 3.05) is 38.1 Å². The Hall–Kier alpha value is -3.06. The van der Waals surface area contributed by atoms with Crippen LogP contribution in [-0.4, -0.2) is 39.2 Å². The molecule has 0 bridgehead atoms. The summed E-state index contributed by atoms with van der Waals surface area (Å²) >= 11 is 0. The van der Waals surface area contributed by atoms with Crippen LogP contribution in [0.5, 0.6) is 11.5 Å². The van der Waals surface area contributed by atoms with Crippen LogP contribution in [0.1, 0.15) is 0 Å². The Morgan fingerprint density at radius 3 is 2.20 bits per heavy atom. The maximum absolute atomic E-state index is 11.9. The molecule has 0 aliphatic carbocycles. The smallest absolute Gasteiger partial charge is 0.250 e. The molecule has 0 fully saturated rings. The molecule has 0 aromatic heterocycles. The Balaban J connectivity index is 1.78. The summed E-state index contributed by atoms with van der Waals surface area (Å²) in [7, 11) is 3.04. The van der Waals surface area contributed by atoms with Gasteiger partial charge in [0.2, 0.25) is 11.8 Å². The van der Waals surface area contributed by atoms with Gasteiger partial charge in [0.25, 0.3) is 0 Å². The van der Waals surface area contributed by atoms with Crippen LogP contribution >= 0.6 is 0 Å². The number of carbonyl (C=O) groups excluding carboxylic acids is 2. The van der Waals surface area contributed by atoms with E-state index in [-0.39, 0.29) is 19.1 Å². The largest absolute Gasteiger partial charge is 0.497 e. The topological polar surface area (TPSA) is 85.9 Å². The van der Waals surface area contributed by atoms with Gasteiger partial charge in [0, 0.05) is 11.8 Å². The van der Waals surface area contributed by atoms with Gasteiger partial charge in [-0.2, -0.15) is 0 Å². The standard InChI is InChI=1S/C18H20N2O5/c1-23-14-8-9-15(16(10-14)24-2)20-18(22)12-25-11-17(21)19-13-6-4-3-5-7-13/h3-10H,11-12H2,1-2H3,(H,19,21)(H,20,22). The molecule has 25 heavy (non-hydrogen) atoms. The minimum atomic E-state index is -0.393. The molecule has 132 valence electrons. The molecule has 2 rings (SSSR count). The summed E-state index contributed by atoms with van der Waals surface area (Å²) in [5, 5.41) is 5.33. The van der Waals surface area contributed by atoms with Gasteiger partial charge >= 0.3 is 0 Å². The monoisotopic (exact) mass is 344 g/mol. The highest BCUT2D eigenvalue weighted by molar-refractivity contribution is 5.94. The fraction of sp³-hybridized carbons (Fsp3) is 0.222. The lowest BCUT2D eigenvalue weighted by Gasteiger charge is -2.11. The molecule has 2 aromatic rings. The van der Waals surface area contributed by atoms with E-state index < -0.39 is 5.91 Å². The molecule has 0 unspecified atom stereocenters. The highest BCUT2D eigenvalue weighted by atomic mass is 16.5. The third-order valence-corrected chi connectivity index (χ3v) is 3.21. The van der Waals surface area contributed by atoms with Crippen molar-refractivity contribution >= 4 is 23.2 Å². The summed E-state index contributed by atoms with van der Waals surface area (Å²) in [6.45, 7) is -0.473. The van der Waals surface area contributed by atoms with Crippen LogP contribution in [-0.2, 0) is 14.3 Å². The molecule has 0 saturated heterocycles. The van der Waals surface area contributed by atoms with Gasteiger partial charge in [-0.25, -0.2) is 0 Å². The van der Waals surface area contributed by atoms with Crippen LogP contribution in [0.2, 0.25) is 0 Å². The zero-order chi connectivity index (χ0) is 18.1. The lowest BCUT2D eigenvalue weighted by atomic mass is 10.2. The maximum Gasteiger partial charge on any atom is 0.250 e. The number of rotatable bonds is 8. The number of hydrogen-bond donors (Lipinski definition) is 2. The van der Waals surface area contributed by atoms with Gasteiger partial charge < -0.3 is 24.8 Å². The quantitative estimate of drug-likeness (QED) is 0.767. The molecule has 0 spiro atoms. The summed E-state index contributed by atoms with van der Waals surface area (Å²) in [6.07, 6.45) is 0. The zero-order valence-corrected chi connectivity index (χ0v) is 14.1. The second kappa shape index (κ2) is 9.29. The zero-order valence-electron chi connectivity index (χ0n) is 14.1. The predicted molar refractivity (Wildman–Crippen MR) is 94.1 cm³/mol. The van der Waals surface area contributed by atoms with Crippen LogP contribution in [0.15, 0.2) is 48.5 Å². The molecular weight excluding hydrogens is 324 g/mol. The second-order valence-corrected chi connectivity index (χ2v) is 5.02. The molecule has 2 aromatic carbocycles. The first kappa shape index (κ1) is 18.3. The van der Waals surface area contributed by atoms with Gasteiger partial charge in [-0.3, -0.25) is 9.59 Å². The van der Waals surface area contributed by atoms with Crippen LogP contribution in [0.3, 0.4) is 0 Å². The number of ether oxygens (including phenoxy) is 3. The van der Waals surface area contributed by atoms with Gasteiger partial charge in [-0.05, 0) is 24.3 Å². The summed E-state index contributed by atoms with van der Waals surface area (Å²) in [5.74, 6) is 0.357. The third-order valence-electron chi connectivity index (χ3n) is 3.21. The SMILES string of the molecule is COc1ccc(NC(=O)COCC(=O)Nc2ccccc2)c(OC)c1.